The lowest BCUT2D eigenvalue weighted by Crippen LogP contribution is -2.65. The van der Waals surface area contributed by atoms with Gasteiger partial charge in [-0.05, 0) is 54.8 Å². The highest BCUT2D eigenvalue weighted by Gasteiger charge is 2.49. The Bertz CT molecular complexity index is 1200. The number of amides is 2. The van der Waals surface area contributed by atoms with Crippen molar-refractivity contribution < 1.29 is 18.7 Å². The summed E-state index contributed by atoms with van der Waals surface area (Å²) >= 11 is 2.57. The summed E-state index contributed by atoms with van der Waals surface area (Å²) in [5, 5.41) is 6.39. The number of hydrogen-bond acceptors (Lipinski definition) is 7. The number of aryl methyl sites for hydroxylation is 1. The fourth-order valence-corrected chi connectivity index (χ4v) is 5.67. The molecular formula is C23H23FN4O3S2. The van der Waals surface area contributed by atoms with Gasteiger partial charge < -0.3 is 9.47 Å². The molecule has 2 saturated heterocycles. The van der Waals surface area contributed by atoms with E-state index in [0.29, 0.717) is 42.7 Å². The molecule has 0 aliphatic carbocycles. The summed E-state index contributed by atoms with van der Waals surface area (Å²) in [6.45, 7) is 4.20. The largest absolute Gasteiger partial charge is 0.496 e. The van der Waals surface area contributed by atoms with Crippen LogP contribution in [0.1, 0.15) is 5.69 Å². The zero-order valence-corrected chi connectivity index (χ0v) is 19.8. The molecule has 2 aliphatic heterocycles. The third kappa shape index (κ3) is 3.97. The fourth-order valence-electron chi connectivity index (χ4n) is 4.25. The van der Waals surface area contributed by atoms with Gasteiger partial charge in [0, 0.05) is 24.3 Å². The summed E-state index contributed by atoms with van der Waals surface area (Å²) in [7, 11) is 1.56. The van der Waals surface area contributed by atoms with Crippen molar-refractivity contribution in [2.45, 2.75) is 11.1 Å². The van der Waals surface area contributed by atoms with Gasteiger partial charge in [-0.3, -0.25) is 14.9 Å². The second-order valence-electron chi connectivity index (χ2n) is 8.33. The Hall–Kier alpha value is -2.66. The Balaban J connectivity index is 1.47. The van der Waals surface area contributed by atoms with Gasteiger partial charge >= 0.3 is 6.03 Å². The molecule has 2 amide bonds. The SMILES string of the molecule is COc1ccc(F)cc1-c1ccc(N2CC3(COC3)CN(c3nc(C)c(SN)s3)C2=O)cc1. The first kappa shape index (κ1) is 22.1. The van der Waals surface area contributed by atoms with Gasteiger partial charge in [0.1, 0.15) is 11.6 Å². The number of carbonyl (C=O) groups excluding carboxylic acids is 1. The highest BCUT2D eigenvalue weighted by molar-refractivity contribution is 7.99. The van der Waals surface area contributed by atoms with Crippen LogP contribution in [0.5, 0.6) is 5.75 Å². The summed E-state index contributed by atoms with van der Waals surface area (Å²) in [6, 6.07) is 11.8. The molecule has 2 aliphatic rings. The number of halogens is 1. The summed E-state index contributed by atoms with van der Waals surface area (Å²) in [5.41, 5.74) is 2.90. The van der Waals surface area contributed by atoms with E-state index in [1.807, 2.05) is 31.2 Å². The lowest BCUT2D eigenvalue weighted by molar-refractivity contribution is -0.103. The zero-order chi connectivity index (χ0) is 23.2. The Morgan fingerprint density at radius 2 is 1.91 bits per heavy atom. The fraction of sp³-hybridized carbons (Fsp3) is 0.304. The van der Waals surface area contributed by atoms with Crippen LogP contribution >= 0.6 is 23.3 Å². The van der Waals surface area contributed by atoms with Gasteiger partial charge in [-0.1, -0.05) is 23.5 Å². The van der Waals surface area contributed by atoms with E-state index >= 15 is 0 Å². The van der Waals surface area contributed by atoms with Crippen LogP contribution in [0.3, 0.4) is 0 Å². The monoisotopic (exact) mass is 486 g/mol. The standard InChI is InChI=1S/C23H23FN4O3S2/c1-14-20(33-25)32-21(26-14)28-11-23(12-31-13-23)10-27(22(28)29)17-6-3-15(4-7-17)18-9-16(24)5-8-19(18)30-2/h3-9H,10-13,25H2,1-2H3. The molecule has 3 aromatic rings. The van der Waals surface area contributed by atoms with Crippen LogP contribution in [0.2, 0.25) is 0 Å². The summed E-state index contributed by atoms with van der Waals surface area (Å²) < 4.78 is 25.6. The Morgan fingerprint density at radius 1 is 1.18 bits per heavy atom. The second kappa shape index (κ2) is 8.60. The predicted octanol–water partition coefficient (Wildman–Crippen LogP) is 4.70. The van der Waals surface area contributed by atoms with Gasteiger partial charge in [-0.15, -0.1) is 0 Å². The first-order valence-electron chi connectivity index (χ1n) is 10.4. The predicted molar refractivity (Wildman–Crippen MR) is 129 cm³/mol. The molecule has 0 unspecified atom stereocenters. The van der Waals surface area contributed by atoms with Crippen LogP contribution in [0.4, 0.5) is 20.0 Å². The lowest BCUT2D eigenvalue weighted by atomic mass is 9.83. The maximum absolute atomic E-state index is 13.8. The molecule has 0 atom stereocenters. The van der Waals surface area contributed by atoms with Crippen LogP contribution < -0.4 is 19.7 Å². The molecule has 2 fully saturated rings. The van der Waals surface area contributed by atoms with E-state index in [4.69, 9.17) is 14.6 Å². The minimum absolute atomic E-state index is 0.133. The number of carbonyl (C=O) groups is 1. The lowest BCUT2D eigenvalue weighted by Gasteiger charge is -2.51. The molecule has 2 N–H and O–H groups in total. The number of urea groups is 1. The maximum atomic E-state index is 13.8. The number of anilines is 2. The molecule has 3 heterocycles. The van der Waals surface area contributed by atoms with E-state index in [-0.39, 0.29) is 17.3 Å². The molecule has 2 aromatic carbocycles. The molecule has 5 rings (SSSR count). The van der Waals surface area contributed by atoms with Crippen LogP contribution in [-0.2, 0) is 4.74 Å². The molecule has 172 valence electrons. The van der Waals surface area contributed by atoms with Crippen LogP contribution in [0.15, 0.2) is 46.7 Å². The molecule has 10 heteroatoms. The van der Waals surface area contributed by atoms with E-state index in [9.17, 15) is 9.18 Å². The van der Waals surface area contributed by atoms with Crippen molar-refractivity contribution >= 4 is 40.1 Å². The van der Waals surface area contributed by atoms with Crippen LogP contribution in [0.25, 0.3) is 11.1 Å². The number of hydrogen-bond donors (Lipinski definition) is 1. The van der Waals surface area contributed by atoms with Gasteiger partial charge in [0.25, 0.3) is 0 Å². The van der Waals surface area contributed by atoms with Crippen molar-refractivity contribution in [3.63, 3.8) is 0 Å². The Kier molecular flexibility index (Phi) is 5.77. The second-order valence-corrected chi connectivity index (χ2v) is 10.2. The first-order valence-corrected chi connectivity index (χ1v) is 12.1. The number of methoxy groups -OCH3 is 1. The average molecular weight is 487 g/mol. The molecular weight excluding hydrogens is 463 g/mol. The van der Waals surface area contributed by atoms with Gasteiger partial charge in [0.2, 0.25) is 0 Å². The summed E-state index contributed by atoms with van der Waals surface area (Å²) in [4.78, 5) is 21.6. The van der Waals surface area contributed by atoms with E-state index in [2.05, 4.69) is 4.98 Å². The molecule has 0 radical (unpaired) electrons. The van der Waals surface area contributed by atoms with Crippen molar-refractivity contribution in [1.82, 2.24) is 4.98 Å². The van der Waals surface area contributed by atoms with E-state index in [1.54, 1.807) is 23.0 Å². The highest BCUT2D eigenvalue weighted by atomic mass is 32.2. The quantitative estimate of drug-likeness (QED) is 0.527. The average Bonchev–Trinajstić information content (AvgIpc) is 3.19. The molecule has 0 saturated carbocycles. The minimum Gasteiger partial charge on any atom is -0.496 e. The molecule has 1 aromatic heterocycles. The van der Waals surface area contributed by atoms with Crippen LogP contribution in [-0.4, -0.2) is 44.4 Å². The van der Waals surface area contributed by atoms with Gasteiger partial charge in [-0.2, -0.15) is 0 Å². The Morgan fingerprint density at radius 3 is 2.52 bits per heavy atom. The number of benzene rings is 2. The maximum Gasteiger partial charge on any atom is 0.330 e. The van der Waals surface area contributed by atoms with Gasteiger partial charge in [0.15, 0.2) is 5.13 Å². The first-order chi connectivity index (χ1) is 15.9. The number of nitrogens with zero attached hydrogens (tertiary/aromatic N) is 3. The summed E-state index contributed by atoms with van der Waals surface area (Å²) in [6.07, 6.45) is 0. The molecule has 1 spiro atoms. The van der Waals surface area contributed by atoms with Crippen LogP contribution in [0, 0.1) is 18.2 Å². The number of aromatic nitrogens is 1. The van der Waals surface area contributed by atoms with Crippen molar-refractivity contribution in [1.29, 1.82) is 0 Å². The third-order valence-electron chi connectivity index (χ3n) is 6.00. The van der Waals surface area contributed by atoms with E-state index in [1.165, 1.54) is 23.5 Å². The molecule has 7 nitrogen and oxygen atoms in total. The minimum atomic E-state index is -0.336. The van der Waals surface area contributed by atoms with Gasteiger partial charge in [0.05, 0.1) is 35.6 Å². The zero-order valence-electron chi connectivity index (χ0n) is 18.2. The van der Waals surface area contributed by atoms with Crippen molar-refractivity contribution in [2.24, 2.45) is 10.6 Å². The summed E-state index contributed by atoms with van der Waals surface area (Å²) in [5.74, 6) is 0.250. The molecule has 33 heavy (non-hydrogen) atoms. The van der Waals surface area contributed by atoms with Crippen molar-refractivity contribution in [2.75, 3.05) is 43.2 Å². The molecule has 0 bridgehead atoms. The van der Waals surface area contributed by atoms with Crippen molar-refractivity contribution in [3.8, 4) is 16.9 Å². The van der Waals surface area contributed by atoms with E-state index in [0.717, 1.165) is 33.1 Å². The van der Waals surface area contributed by atoms with Crippen molar-refractivity contribution in [3.05, 3.63) is 54.0 Å². The number of nitrogens with two attached hydrogens (primary N) is 1. The van der Waals surface area contributed by atoms with E-state index < -0.39 is 0 Å². The van der Waals surface area contributed by atoms with Gasteiger partial charge in [-0.25, -0.2) is 14.2 Å². The highest BCUT2D eigenvalue weighted by Crippen LogP contribution is 2.41. The third-order valence-corrected chi connectivity index (χ3v) is 8.02. The Labute approximate surface area is 199 Å². The number of ether oxygens (including phenoxy) is 2. The number of thiazole rings is 1. The number of rotatable bonds is 5. The topological polar surface area (TPSA) is 80.9 Å². The normalized spacial score (nSPS) is 17.4. The smallest absolute Gasteiger partial charge is 0.330 e.